The summed E-state index contributed by atoms with van der Waals surface area (Å²) in [7, 11) is 3.35. The fourth-order valence-corrected chi connectivity index (χ4v) is 1.72. The summed E-state index contributed by atoms with van der Waals surface area (Å²) in [6, 6.07) is 7.25. The van der Waals surface area contributed by atoms with Crippen LogP contribution >= 0.6 is 12.6 Å². The van der Waals surface area contributed by atoms with E-state index < -0.39 is 0 Å². The molecule has 0 amide bonds. The molecule has 1 unspecified atom stereocenters. The molecule has 6 heteroatoms. The van der Waals surface area contributed by atoms with Crippen molar-refractivity contribution in [2.24, 2.45) is 4.99 Å². The minimum absolute atomic E-state index is 0.182. The summed E-state index contributed by atoms with van der Waals surface area (Å²) in [4.78, 5) is 18.8. The molecule has 2 rings (SSSR count). The number of ether oxygens (including phenoxy) is 1. The number of pyridine rings is 1. The minimum Gasteiger partial charge on any atom is -0.497 e. The normalized spacial score (nSPS) is 13.0. The molecule has 100 valence electrons. The number of aromatic amines is 1. The Balaban J connectivity index is 2.47. The zero-order valence-electron chi connectivity index (χ0n) is 10.7. The van der Waals surface area contributed by atoms with Crippen LogP contribution in [0.1, 0.15) is 5.56 Å². The van der Waals surface area contributed by atoms with Crippen molar-refractivity contribution in [1.82, 2.24) is 10.3 Å². The number of hydrogen-bond acceptors (Lipinski definition) is 5. The molecule has 0 aliphatic carbocycles. The van der Waals surface area contributed by atoms with Gasteiger partial charge in [0.2, 0.25) is 0 Å². The number of aliphatic imine (C=N–C) groups is 1. The van der Waals surface area contributed by atoms with Crippen LogP contribution in [0, 0.1) is 0 Å². The summed E-state index contributed by atoms with van der Waals surface area (Å²) in [5, 5.41) is 3.73. The van der Waals surface area contributed by atoms with E-state index >= 15 is 0 Å². The van der Waals surface area contributed by atoms with E-state index in [1.807, 2.05) is 12.1 Å². The standard InChI is InChI=1S/C13H15N3O2S/c1-14-13(19)15-7-9-5-8-6-10(18-2)3-4-11(8)16-12(9)17/h3-7,13-14,19H,1-2H3,(H,16,17)/b15-7+. The van der Waals surface area contributed by atoms with E-state index in [0.717, 1.165) is 16.7 Å². The maximum absolute atomic E-state index is 11.9. The van der Waals surface area contributed by atoms with E-state index in [1.165, 1.54) is 6.21 Å². The highest BCUT2D eigenvalue weighted by atomic mass is 32.1. The highest BCUT2D eigenvalue weighted by Crippen LogP contribution is 2.18. The molecule has 0 aliphatic rings. The molecular formula is C13H15N3O2S. The molecule has 0 saturated carbocycles. The van der Waals surface area contributed by atoms with Crippen molar-refractivity contribution in [3.8, 4) is 5.75 Å². The van der Waals surface area contributed by atoms with Gasteiger partial charge in [-0.25, -0.2) is 0 Å². The van der Waals surface area contributed by atoms with Crippen LogP contribution in [0.25, 0.3) is 10.9 Å². The smallest absolute Gasteiger partial charge is 0.257 e. The Morgan fingerprint density at radius 3 is 2.95 bits per heavy atom. The van der Waals surface area contributed by atoms with Gasteiger partial charge in [-0.3, -0.25) is 15.1 Å². The third-order valence-electron chi connectivity index (χ3n) is 2.69. The molecule has 5 nitrogen and oxygen atoms in total. The average Bonchev–Trinajstić information content (AvgIpc) is 2.44. The summed E-state index contributed by atoms with van der Waals surface area (Å²) in [5.41, 5.74) is 0.729. The van der Waals surface area contributed by atoms with Gasteiger partial charge in [0, 0.05) is 17.1 Å². The summed E-state index contributed by atoms with van der Waals surface area (Å²) in [6.07, 6.45) is 1.51. The van der Waals surface area contributed by atoms with Crippen molar-refractivity contribution in [1.29, 1.82) is 0 Å². The Kier molecular flexibility index (Phi) is 4.24. The van der Waals surface area contributed by atoms with Gasteiger partial charge in [0.1, 0.15) is 11.2 Å². The molecule has 1 aromatic heterocycles. The van der Waals surface area contributed by atoms with Crippen molar-refractivity contribution < 1.29 is 4.74 Å². The van der Waals surface area contributed by atoms with Gasteiger partial charge in [-0.15, -0.1) is 12.6 Å². The van der Waals surface area contributed by atoms with Gasteiger partial charge in [0.25, 0.3) is 5.56 Å². The van der Waals surface area contributed by atoms with E-state index in [4.69, 9.17) is 4.74 Å². The van der Waals surface area contributed by atoms with Crippen molar-refractivity contribution in [3.05, 3.63) is 40.2 Å². The van der Waals surface area contributed by atoms with E-state index in [-0.39, 0.29) is 11.1 Å². The number of nitrogens with one attached hydrogen (secondary N) is 2. The van der Waals surface area contributed by atoms with Crippen molar-refractivity contribution >= 4 is 29.7 Å². The lowest BCUT2D eigenvalue weighted by atomic mass is 10.1. The van der Waals surface area contributed by atoms with Crippen molar-refractivity contribution in [2.75, 3.05) is 14.2 Å². The van der Waals surface area contributed by atoms with Gasteiger partial charge < -0.3 is 9.72 Å². The minimum atomic E-state index is -0.333. The molecule has 1 atom stereocenters. The molecule has 19 heavy (non-hydrogen) atoms. The first-order valence-electron chi connectivity index (χ1n) is 5.73. The monoisotopic (exact) mass is 277 g/mol. The number of methoxy groups -OCH3 is 1. The van der Waals surface area contributed by atoms with Gasteiger partial charge in [-0.1, -0.05) is 0 Å². The Bertz CT molecular complexity index is 666. The lowest BCUT2D eigenvalue weighted by Crippen LogP contribution is -2.17. The molecule has 0 saturated heterocycles. The molecule has 0 fully saturated rings. The van der Waals surface area contributed by atoms with Crippen LogP contribution in [-0.4, -0.2) is 30.9 Å². The highest BCUT2D eigenvalue weighted by Gasteiger charge is 2.03. The summed E-state index contributed by atoms with van der Waals surface area (Å²) in [5.74, 6) is 0.740. The Morgan fingerprint density at radius 1 is 1.47 bits per heavy atom. The average molecular weight is 277 g/mol. The zero-order chi connectivity index (χ0) is 13.8. The number of rotatable bonds is 4. The first kappa shape index (κ1) is 13.6. The van der Waals surface area contributed by atoms with Gasteiger partial charge in [-0.2, -0.15) is 0 Å². The first-order valence-corrected chi connectivity index (χ1v) is 6.25. The number of H-pyrrole nitrogens is 1. The van der Waals surface area contributed by atoms with Crippen LogP contribution in [0.4, 0.5) is 0 Å². The molecule has 1 aromatic carbocycles. The number of nitrogens with zero attached hydrogens (tertiary/aromatic N) is 1. The lowest BCUT2D eigenvalue weighted by molar-refractivity contribution is 0.415. The topological polar surface area (TPSA) is 66.5 Å². The molecule has 1 heterocycles. The Labute approximate surface area is 116 Å². The summed E-state index contributed by atoms with van der Waals surface area (Å²) in [6.45, 7) is 0. The van der Waals surface area contributed by atoms with Gasteiger partial charge >= 0.3 is 0 Å². The molecule has 0 radical (unpaired) electrons. The molecular weight excluding hydrogens is 262 g/mol. The fourth-order valence-electron chi connectivity index (χ4n) is 1.65. The largest absolute Gasteiger partial charge is 0.497 e. The maximum atomic E-state index is 11.9. The van der Waals surface area contributed by atoms with E-state index in [0.29, 0.717) is 5.56 Å². The third kappa shape index (κ3) is 3.15. The quantitative estimate of drug-likeness (QED) is 0.449. The van der Waals surface area contributed by atoms with E-state index in [1.54, 1.807) is 26.3 Å². The molecule has 0 bridgehead atoms. The lowest BCUT2D eigenvalue weighted by Gasteiger charge is -2.04. The number of hydrogen-bond donors (Lipinski definition) is 3. The second-order valence-corrected chi connectivity index (χ2v) is 4.44. The number of thiol groups is 1. The van der Waals surface area contributed by atoms with E-state index in [9.17, 15) is 4.79 Å². The second-order valence-electron chi connectivity index (χ2n) is 3.95. The van der Waals surface area contributed by atoms with E-state index in [2.05, 4.69) is 27.9 Å². The van der Waals surface area contributed by atoms with Crippen molar-refractivity contribution in [2.45, 2.75) is 5.50 Å². The van der Waals surface area contributed by atoms with Crippen LogP contribution in [0.2, 0.25) is 0 Å². The van der Waals surface area contributed by atoms with Crippen LogP contribution < -0.4 is 15.6 Å². The van der Waals surface area contributed by atoms with Gasteiger partial charge in [0.05, 0.1) is 12.7 Å². The second kappa shape index (κ2) is 5.90. The third-order valence-corrected chi connectivity index (χ3v) is 3.08. The van der Waals surface area contributed by atoms with Gasteiger partial charge in [-0.05, 0) is 31.3 Å². The van der Waals surface area contributed by atoms with Crippen LogP contribution in [0.15, 0.2) is 34.1 Å². The Hall–Kier alpha value is -1.79. The molecule has 2 N–H and O–H groups in total. The molecule has 2 aromatic rings. The van der Waals surface area contributed by atoms with Crippen LogP contribution in [-0.2, 0) is 0 Å². The SMILES string of the molecule is CNC(S)/N=C/c1cc2cc(OC)ccc2[nH]c1=O. The van der Waals surface area contributed by atoms with Gasteiger partial charge in [0.15, 0.2) is 0 Å². The van der Waals surface area contributed by atoms with Crippen LogP contribution in [0.3, 0.4) is 0 Å². The predicted octanol–water partition coefficient (Wildman–Crippen LogP) is 1.39. The molecule has 0 spiro atoms. The first-order chi connectivity index (χ1) is 9.13. The Morgan fingerprint density at radius 2 is 2.26 bits per heavy atom. The molecule has 0 aliphatic heterocycles. The maximum Gasteiger partial charge on any atom is 0.257 e. The number of aromatic nitrogens is 1. The number of benzene rings is 1. The summed E-state index contributed by atoms with van der Waals surface area (Å²) < 4.78 is 5.16. The predicted molar refractivity (Wildman–Crippen MR) is 80.5 cm³/mol. The highest BCUT2D eigenvalue weighted by molar-refractivity contribution is 7.80. The zero-order valence-corrected chi connectivity index (χ0v) is 11.6. The summed E-state index contributed by atoms with van der Waals surface area (Å²) >= 11 is 4.16. The van der Waals surface area contributed by atoms with Crippen LogP contribution in [0.5, 0.6) is 5.75 Å². The van der Waals surface area contributed by atoms with Crippen molar-refractivity contribution in [3.63, 3.8) is 0 Å². The number of fused-ring (bicyclic) bond motifs is 1. The fraction of sp³-hybridized carbons (Fsp3) is 0.231.